The van der Waals surface area contributed by atoms with Crippen molar-refractivity contribution in [1.82, 2.24) is 19.5 Å². The van der Waals surface area contributed by atoms with Crippen molar-refractivity contribution in [2.24, 2.45) is 0 Å². The predicted molar refractivity (Wildman–Crippen MR) is 236 cm³/mol. The summed E-state index contributed by atoms with van der Waals surface area (Å²) in [4.78, 5) is 15.5. The van der Waals surface area contributed by atoms with Crippen LogP contribution in [0.1, 0.15) is 0 Å². The molecule has 0 radical (unpaired) electrons. The lowest BCUT2D eigenvalue weighted by Gasteiger charge is -2.10. The quantitative estimate of drug-likeness (QED) is 0.176. The second-order valence-corrected chi connectivity index (χ2v) is 15.5. The molecule has 0 aliphatic rings. The third kappa shape index (κ3) is 5.19. The van der Waals surface area contributed by atoms with Crippen LogP contribution in [0.15, 0.2) is 186 Å². The third-order valence-corrected chi connectivity index (χ3v) is 12.2. The monoisotopic (exact) mass is 746 g/mol. The van der Waals surface area contributed by atoms with Gasteiger partial charge in [0.2, 0.25) is 0 Å². The van der Waals surface area contributed by atoms with Gasteiger partial charge in [-0.25, -0.2) is 15.0 Å². The Hall–Kier alpha value is -7.41. The van der Waals surface area contributed by atoms with E-state index in [2.05, 4.69) is 180 Å². The van der Waals surface area contributed by atoms with Gasteiger partial charge in [0.05, 0.1) is 11.0 Å². The molecule has 0 fully saturated rings. The first-order valence-electron chi connectivity index (χ1n) is 19.0. The minimum absolute atomic E-state index is 0.587. The summed E-state index contributed by atoms with van der Waals surface area (Å²) in [7, 11) is 0. The standard InChI is InChI=1S/C51H30N4OS/c1-3-12-31(13-4-1)32-14-11-15-33(26-32)49-52-50(34-23-25-48-42(27-34)39-19-8-10-21-47(39)57-48)54-51(53-49)35-22-24-38-41-29-44-40(30-46(41)56-45(38)28-35)37-18-7-9-20-43(37)55(44)36-16-5-2-6-17-36/h1-30H. The summed E-state index contributed by atoms with van der Waals surface area (Å²) in [5.41, 5.74) is 10.0. The number of furan rings is 1. The molecule has 0 N–H and O–H groups in total. The zero-order valence-electron chi connectivity index (χ0n) is 30.4. The van der Waals surface area contributed by atoms with Gasteiger partial charge in [-0.05, 0) is 83.9 Å². The Kier molecular flexibility index (Phi) is 7.03. The number of hydrogen-bond acceptors (Lipinski definition) is 5. The molecule has 12 rings (SSSR count). The van der Waals surface area contributed by atoms with Gasteiger partial charge < -0.3 is 8.98 Å². The van der Waals surface area contributed by atoms with Crippen LogP contribution in [0.4, 0.5) is 0 Å². The van der Waals surface area contributed by atoms with Crippen LogP contribution < -0.4 is 0 Å². The number of rotatable bonds is 5. The van der Waals surface area contributed by atoms with Crippen molar-refractivity contribution < 1.29 is 4.42 Å². The van der Waals surface area contributed by atoms with Gasteiger partial charge >= 0.3 is 0 Å². The third-order valence-electron chi connectivity index (χ3n) is 11.0. The first-order chi connectivity index (χ1) is 28.2. The Morgan fingerprint density at radius 2 is 0.965 bits per heavy atom. The molecule has 12 aromatic rings. The molecule has 5 nitrogen and oxygen atoms in total. The lowest BCUT2D eigenvalue weighted by Crippen LogP contribution is -2.00. The number of nitrogens with zero attached hydrogens (tertiary/aromatic N) is 4. The second kappa shape index (κ2) is 12.6. The lowest BCUT2D eigenvalue weighted by atomic mass is 10.0. The van der Waals surface area contributed by atoms with E-state index < -0.39 is 0 Å². The molecule has 57 heavy (non-hydrogen) atoms. The molecule has 0 saturated carbocycles. The zero-order valence-corrected chi connectivity index (χ0v) is 31.2. The van der Waals surface area contributed by atoms with Gasteiger partial charge in [0, 0.05) is 64.1 Å². The molecule has 0 amide bonds. The number of hydrogen-bond donors (Lipinski definition) is 0. The SMILES string of the molecule is c1ccc(-c2cccc(-c3nc(-c4ccc5c(c4)oc4cc6c7ccccc7n(-c7ccccc7)c6cc45)nc(-c4ccc5sc6ccccc6c5c4)n3)c2)cc1. The van der Waals surface area contributed by atoms with E-state index in [4.69, 9.17) is 19.4 Å². The fourth-order valence-electron chi connectivity index (χ4n) is 8.33. The fourth-order valence-corrected chi connectivity index (χ4v) is 9.42. The highest BCUT2D eigenvalue weighted by Crippen LogP contribution is 2.40. The maximum absolute atomic E-state index is 6.68. The topological polar surface area (TPSA) is 56.7 Å². The van der Waals surface area contributed by atoms with Crippen molar-refractivity contribution in [2.45, 2.75) is 0 Å². The first-order valence-corrected chi connectivity index (χ1v) is 19.8. The molecule has 6 heteroatoms. The van der Waals surface area contributed by atoms with Crippen LogP contribution >= 0.6 is 11.3 Å². The molecule has 266 valence electrons. The number of para-hydroxylation sites is 2. The van der Waals surface area contributed by atoms with Crippen molar-refractivity contribution in [3.05, 3.63) is 182 Å². The van der Waals surface area contributed by atoms with Gasteiger partial charge in [0.25, 0.3) is 0 Å². The average Bonchev–Trinajstić information content (AvgIpc) is 3.94. The summed E-state index contributed by atoms with van der Waals surface area (Å²) < 4.78 is 11.5. The molecular weight excluding hydrogens is 717 g/mol. The smallest absolute Gasteiger partial charge is 0.164 e. The largest absolute Gasteiger partial charge is 0.456 e. The van der Waals surface area contributed by atoms with Crippen LogP contribution in [0.5, 0.6) is 0 Å². The lowest BCUT2D eigenvalue weighted by molar-refractivity contribution is 0.669. The molecule has 0 unspecified atom stereocenters. The highest BCUT2D eigenvalue weighted by Gasteiger charge is 2.19. The average molecular weight is 747 g/mol. The van der Waals surface area contributed by atoms with Crippen molar-refractivity contribution in [3.63, 3.8) is 0 Å². The Labute approximate surface area is 330 Å². The van der Waals surface area contributed by atoms with E-state index in [1.54, 1.807) is 11.3 Å². The maximum atomic E-state index is 6.68. The van der Waals surface area contributed by atoms with Crippen LogP contribution in [0.2, 0.25) is 0 Å². The molecular formula is C51H30N4OS. The fraction of sp³-hybridized carbons (Fsp3) is 0. The summed E-state index contributed by atoms with van der Waals surface area (Å²) in [5, 5.41) is 6.89. The minimum atomic E-state index is 0.587. The van der Waals surface area contributed by atoms with Crippen LogP contribution in [-0.4, -0.2) is 19.5 Å². The molecule has 0 bridgehead atoms. The zero-order chi connectivity index (χ0) is 37.5. The molecule has 0 aliphatic heterocycles. The predicted octanol–water partition coefficient (Wildman–Crippen LogP) is 13.9. The van der Waals surface area contributed by atoms with E-state index in [-0.39, 0.29) is 0 Å². The number of fused-ring (bicyclic) bond motifs is 9. The number of benzene rings is 8. The Balaban J connectivity index is 1.04. The summed E-state index contributed by atoms with van der Waals surface area (Å²) >= 11 is 1.80. The van der Waals surface area contributed by atoms with Crippen molar-refractivity contribution in [3.8, 4) is 51.0 Å². The summed E-state index contributed by atoms with van der Waals surface area (Å²) in [6.07, 6.45) is 0. The van der Waals surface area contributed by atoms with Crippen molar-refractivity contribution in [1.29, 1.82) is 0 Å². The Bertz CT molecular complexity index is 3530. The highest BCUT2D eigenvalue weighted by atomic mass is 32.1. The molecule has 0 saturated heterocycles. The first kappa shape index (κ1) is 31.9. The van der Waals surface area contributed by atoms with Crippen LogP contribution in [0.3, 0.4) is 0 Å². The van der Waals surface area contributed by atoms with E-state index in [1.165, 1.54) is 31.1 Å². The second-order valence-electron chi connectivity index (χ2n) is 14.4. The van der Waals surface area contributed by atoms with E-state index in [0.717, 1.165) is 66.3 Å². The number of aromatic nitrogens is 4. The van der Waals surface area contributed by atoms with Gasteiger partial charge in [-0.15, -0.1) is 11.3 Å². The van der Waals surface area contributed by atoms with Gasteiger partial charge in [-0.3, -0.25) is 0 Å². The van der Waals surface area contributed by atoms with Crippen LogP contribution in [-0.2, 0) is 0 Å². The molecule has 4 aromatic heterocycles. The van der Waals surface area contributed by atoms with E-state index in [9.17, 15) is 0 Å². The molecule has 8 aromatic carbocycles. The molecule has 0 spiro atoms. The van der Waals surface area contributed by atoms with Crippen molar-refractivity contribution >= 4 is 75.3 Å². The van der Waals surface area contributed by atoms with Gasteiger partial charge in [0.1, 0.15) is 11.2 Å². The van der Waals surface area contributed by atoms with E-state index >= 15 is 0 Å². The summed E-state index contributed by atoms with van der Waals surface area (Å²) in [6, 6.07) is 63.8. The van der Waals surface area contributed by atoms with Gasteiger partial charge in [0.15, 0.2) is 17.5 Å². The summed E-state index contributed by atoms with van der Waals surface area (Å²) in [5.74, 6) is 1.83. The van der Waals surface area contributed by atoms with Gasteiger partial charge in [-0.1, -0.05) is 109 Å². The Morgan fingerprint density at radius 1 is 0.351 bits per heavy atom. The van der Waals surface area contributed by atoms with Crippen LogP contribution in [0.25, 0.3) is 115 Å². The number of thiophene rings is 1. The minimum Gasteiger partial charge on any atom is -0.456 e. The van der Waals surface area contributed by atoms with Crippen molar-refractivity contribution in [2.75, 3.05) is 0 Å². The van der Waals surface area contributed by atoms with E-state index in [1.807, 2.05) is 6.07 Å². The maximum Gasteiger partial charge on any atom is 0.164 e. The highest BCUT2D eigenvalue weighted by molar-refractivity contribution is 7.25. The van der Waals surface area contributed by atoms with E-state index in [0.29, 0.717) is 17.5 Å². The van der Waals surface area contributed by atoms with Gasteiger partial charge in [-0.2, -0.15) is 0 Å². The summed E-state index contributed by atoms with van der Waals surface area (Å²) in [6.45, 7) is 0. The Morgan fingerprint density at radius 3 is 1.79 bits per heavy atom. The van der Waals surface area contributed by atoms with Crippen LogP contribution in [0, 0.1) is 0 Å². The molecule has 0 aliphatic carbocycles. The normalized spacial score (nSPS) is 11.9. The molecule has 0 atom stereocenters. The molecule has 4 heterocycles.